The van der Waals surface area contributed by atoms with Crippen LogP contribution in [0, 0.1) is 11.6 Å². The lowest BCUT2D eigenvalue weighted by Gasteiger charge is -2.17. The summed E-state index contributed by atoms with van der Waals surface area (Å²) < 4.78 is 49.5. The molecule has 0 aliphatic rings. The van der Waals surface area contributed by atoms with Crippen LogP contribution in [0.1, 0.15) is 18.5 Å². The highest BCUT2D eigenvalue weighted by molar-refractivity contribution is 7.89. The molecule has 0 saturated carbocycles. The fourth-order valence-corrected chi connectivity index (χ4v) is 2.50. The van der Waals surface area contributed by atoms with Gasteiger partial charge in [0.2, 0.25) is 10.0 Å². The van der Waals surface area contributed by atoms with Gasteiger partial charge in [-0.3, -0.25) is 0 Å². The normalized spacial score (nSPS) is 13.0. The summed E-state index contributed by atoms with van der Waals surface area (Å²) in [6.45, 7) is 1.64. The Kier molecular flexibility index (Phi) is 4.24. The van der Waals surface area contributed by atoms with Crippen molar-refractivity contribution in [1.82, 2.24) is 0 Å². The maximum absolute atomic E-state index is 13.7. The number of rotatable bonds is 4. The molecular weight excluding hydrogens is 298 g/mol. The topological polar surface area (TPSA) is 72.2 Å². The van der Waals surface area contributed by atoms with Crippen molar-refractivity contribution in [2.45, 2.75) is 17.9 Å². The van der Waals surface area contributed by atoms with Gasteiger partial charge in [0.1, 0.15) is 0 Å². The van der Waals surface area contributed by atoms with Crippen LogP contribution in [0.4, 0.5) is 14.5 Å². The lowest BCUT2D eigenvalue weighted by molar-refractivity contribution is 0.494. The Hall–Kier alpha value is -1.99. The Balaban J connectivity index is 2.28. The molecule has 1 atom stereocenters. The van der Waals surface area contributed by atoms with Crippen molar-refractivity contribution in [1.29, 1.82) is 0 Å². The molecule has 21 heavy (non-hydrogen) atoms. The zero-order valence-electron chi connectivity index (χ0n) is 11.2. The number of primary sulfonamides is 1. The molecule has 0 bridgehead atoms. The number of nitrogens with two attached hydrogens (primary N) is 1. The van der Waals surface area contributed by atoms with Gasteiger partial charge >= 0.3 is 0 Å². The van der Waals surface area contributed by atoms with Gasteiger partial charge in [-0.2, -0.15) is 0 Å². The molecule has 0 aromatic heterocycles. The number of hydrogen-bond donors (Lipinski definition) is 2. The van der Waals surface area contributed by atoms with Crippen LogP contribution in [0.25, 0.3) is 0 Å². The second kappa shape index (κ2) is 5.79. The summed E-state index contributed by atoms with van der Waals surface area (Å²) in [5.74, 6) is -1.86. The number of sulfonamides is 1. The molecule has 2 aromatic carbocycles. The molecule has 0 aliphatic carbocycles. The molecule has 3 N–H and O–H groups in total. The molecule has 0 spiro atoms. The molecular formula is C14H14F2N2O2S. The van der Waals surface area contributed by atoms with E-state index < -0.39 is 27.7 Å². The summed E-state index contributed by atoms with van der Waals surface area (Å²) in [7, 11) is -3.81. The third-order valence-electron chi connectivity index (χ3n) is 2.99. The smallest absolute Gasteiger partial charge is 0.238 e. The minimum absolute atomic E-state index is 0.0561. The van der Waals surface area contributed by atoms with E-state index >= 15 is 0 Å². The van der Waals surface area contributed by atoms with Crippen molar-refractivity contribution >= 4 is 15.7 Å². The number of hydrogen-bond acceptors (Lipinski definition) is 3. The summed E-state index contributed by atoms with van der Waals surface area (Å²) in [4.78, 5) is -0.0561. The Labute approximate surface area is 121 Å². The Bertz CT molecular complexity index is 763. The van der Waals surface area contributed by atoms with Crippen LogP contribution < -0.4 is 10.5 Å². The SMILES string of the molecule is CC(Nc1cccc(S(N)(=O)=O)c1)c1cccc(F)c1F. The van der Waals surface area contributed by atoms with E-state index in [1.54, 1.807) is 13.0 Å². The molecule has 2 aromatic rings. The van der Waals surface area contributed by atoms with Crippen molar-refractivity contribution in [2.75, 3.05) is 5.32 Å². The molecule has 0 aliphatic heterocycles. The van der Waals surface area contributed by atoms with Crippen molar-refractivity contribution in [3.05, 3.63) is 59.7 Å². The monoisotopic (exact) mass is 312 g/mol. The van der Waals surface area contributed by atoms with Gasteiger partial charge in [-0.15, -0.1) is 0 Å². The quantitative estimate of drug-likeness (QED) is 0.912. The first-order valence-corrected chi connectivity index (χ1v) is 7.67. The van der Waals surface area contributed by atoms with Gasteiger partial charge < -0.3 is 5.32 Å². The van der Waals surface area contributed by atoms with Crippen LogP contribution in [0.3, 0.4) is 0 Å². The first kappa shape index (κ1) is 15.4. The largest absolute Gasteiger partial charge is 0.378 e. The van der Waals surface area contributed by atoms with E-state index in [4.69, 9.17) is 5.14 Å². The van der Waals surface area contributed by atoms with Crippen LogP contribution in [0.2, 0.25) is 0 Å². The zero-order chi connectivity index (χ0) is 15.6. The minimum atomic E-state index is -3.81. The zero-order valence-corrected chi connectivity index (χ0v) is 12.0. The van der Waals surface area contributed by atoms with E-state index in [1.165, 1.54) is 30.3 Å². The lowest BCUT2D eigenvalue weighted by Crippen LogP contribution is -2.13. The summed E-state index contributed by atoms with van der Waals surface area (Å²) >= 11 is 0. The van der Waals surface area contributed by atoms with Gasteiger partial charge in [0.05, 0.1) is 10.9 Å². The number of halogens is 2. The third kappa shape index (κ3) is 3.56. The lowest BCUT2D eigenvalue weighted by atomic mass is 10.1. The molecule has 112 valence electrons. The van der Waals surface area contributed by atoms with E-state index in [-0.39, 0.29) is 10.5 Å². The van der Waals surface area contributed by atoms with Crippen LogP contribution >= 0.6 is 0 Å². The Morgan fingerprint density at radius 2 is 1.81 bits per heavy atom. The Morgan fingerprint density at radius 3 is 2.48 bits per heavy atom. The van der Waals surface area contributed by atoms with Crippen molar-refractivity contribution in [2.24, 2.45) is 5.14 Å². The highest BCUT2D eigenvalue weighted by Gasteiger charge is 2.15. The first-order valence-electron chi connectivity index (χ1n) is 6.12. The van der Waals surface area contributed by atoms with Crippen LogP contribution in [0.15, 0.2) is 47.4 Å². The van der Waals surface area contributed by atoms with Gasteiger partial charge in [-0.1, -0.05) is 18.2 Å². The van der Waals surface area contributed by atoms with E-state index in [0.29, 0.717) is 5.69 Å². The first-order chi connectivity index (χ1) is 9.79. The molecule has 0 saturated heterocycles. The second-order valence-corrected chi connectivity index (χ2v) is 6.14. The molecule has 0 radical (unpaired) electrons. The Morgan fingerprint density at radius 1 is 1.14 bits per heavy atom. The number of benzene rings is 2. The maximum atomic E-state index is 13.7. The molecule has 2 rings (SSSR count). The minimum Gasteiger partial charge on any atom is -0.378 e. The van der Waals surface area contributed by atoms with Crippen molar-refractivity contribution in [3.63, 3.8) is 0 Å². The van der Waals surface area contributed by atoms with Crippen molar-refractivity contribution in [3.8, 4) is 0 Å². The van der Waals surface area contributed by atoms with E-state index in [1.807, 2.05) is 0 Å². The maximum Gasteiger partial charge on any atom is 0.238 e. The van der Waals surface area contributed by atoms with Crippen LogP contribution in [0.5, 0.6) is 0 Å². The van der Waals surface area contributed by atoms with Crippen molar-refractivity contribution < 1.29 is 17.2 Å². The number of anilines is 1. The van der Waals surface area contributed by atoms with E-state index in [2.05, 4.69) is 5.32 Å². The van der Waals surface area contributed by atoms with E-state index in [0.717, 1.165) is 6.07 Å². The summed E-state index contributed by atoms with van der Waals surface area (Å²) in [5.41, 5.74) is 0.591. The molecule has 1 unspecified atom stereocenters. The average molecular weight is 312 g/mol. The van der Waals surface area contributed by atoms with Gasteiger partial charge in [-0.05, 0) is 31.2 Å². The molecule has 7 heteroatoms. The van der Waals surface area contributed by atoms with Gasteiger partial charge in [0.25, 0.3) is 0 Å². The third-order valence-corrected chi connectivity index (χ3v) is 3.90. The molecule has 0 fully saturated rings. The van der Waals surface area contributed by atoms with Crippen LogP contribution in [-0.4, -0.2) is 8.42 Å². The molecule has 0 amide bonds. The fourth-order valence-electron chi connectivity index (χ4n) is 1.95. The average Bonchev–Trinajstić information content (AvgIpc) is 2.41. The van der Waals surface area contributed by atoms with Crippen LogP contribution in [-0.2, 0) is 10.0 Å². The summed E-state index contributed by atoms with van der Waals surface area (Å²) in [6.07, 6.45) is 0. The summed E-state index contributed by atoms with van der Waals surface area (Å²) in [6, 6.07) is 9.17. The van der Waals surface area contributed by atoms with Gasteiger partial charge in [0.15, 0.2) is 11.6 Å². The fraction of sp³-hybridized carbons (Fsp3) is 0.143. The predicted octanol–water partition coefficient (Wildman–Crippen LogP) is 2.79. The second-order valence-electron chi connectivity index (χ2n) is 4.58. The van der Waals surface area contributed by atoms with Gasteiger partial charge in [0, 0.05) is 11.3 Å². The standard InChI is InChI=1S/C14H14F2N2O2S/c1-9(12-6-3-7-13(15)14(12)16)18-10-4-2-5-11(8-10)21(17,19)20/h2-9,18H,1H3,(H2,17,19,20). The number of nitrogens with one attached hydrogen (secondary N) is 1. The summed E-state index contributed by atoms with van der Waals surface area (Å²) in [5, 5.41) is 7.96. The molecule has 4 nitrogen and oxygen atoms in total. The predicted molar refractivity (Wildman–Crippen MR) is 76.2 cm³/mol. The molecule has 0 heterocycles. The van der Waals surface area contributed by atoms with E-state index in [9.17, 15) is 17.2 Å². The highest BCUT2D eigenvalue weighted by Crippen LogP contribution is 2.24. The van der Waals surface area contributed by atoms with Gasteiger partial charge in [-0.25, -0.2) is 22.3 Å². The highest BCUT2D eigenvalue weighted by atomic mass is 32.2.